The fourth-order valence-corrected chi connectivity index (χ4v) is 2.03. The van der Waals surface area contributed by atoms with Gasteiger partial charge in [0.25, 0.3) is 0 Å². The molecule has 1 unspecified atom stereocenters. The average molecular weight is 168 g/mol. The molecule has 0 spiro atoms. The molecule has 12 heavy (non-hydrogen) atoms. The number of carbonyl (C=O) groups excluding carboxylic acids is 1. The number of ketones is 1. The van der Waals surface area contributed by atoms with Crippen LogP contribution < -0.4 is 0 Å². The smallest absolute Gasteiger partial charge is 0.138 e. The SMILES string of the molecule is CC1(CC2CC2)CC(=O)CCO1. The molecule has 0 bridgehead atoms. The fraction of sp³-hybridized carbons (Fsp3) is 0.900. The molecule has 0 aromatic rings. The van der Waals surface area contributed by atoms with Gasteiger partial charge in [-0.25, -0.2) is 0 Å². The Bertz CT molecular complexity index is 196. The lowest BCUT2D eigenvalue weighted by Crippen LogP contribution is -2.37. The normalized spacial score (nSPS) is 36.9. The van der Waals surface area contributed by atoms with Crippen LogP contribution in [-0.2, 0) is 9.53 Å². The monoisotopic (exact) mass is 168 g/mol. The molecule has 2 heteroatoms. The quantitative estimate of drug-likeness (QED) is 0.629. The minimum absolute atomic E-state index is 0.115. The van der Waals surface area contributed by atoms with Crippen molar-refractivity contribution < 1.29 is 9.53 Å². The van der Waals surface area contributed by atoms with Crippen LogP contribution in [0.5, 0.6) is 0 Å². The van der Waals surface area contributed by atoms with Gasteiger partial charge in [-0.1, -0.05) is 12.8 Å². The zero-order valence-electron chi connectivity index (χ0n) is 7.64. The summed E-state index contributed by atoms with van der Waals surface area (Å²) in [6, 6.07) is 0. The van der Waals surface area contributed by atoms with Crippen molar-refractivity contribution in [3.63, 3.8) is 0 Å². The Kier molecular flexibility index (Phi) is 1.95. The standard InChI is InChI=1S/C10H16O2/c1-10(6-8-2-3-8)7-9(11)4-5-12-10/h8H,2-7H2,1H3. The first-order chi connectivity index (χ1) is 5.68. The van der Waals surface area contributed by atoms with Crippen molar-refractivity contribution in [1.82, 2.24) is 0 Å². The second kappa shape index (κ2) is 2.84. The van der Waals surface area contributed by atoms with Crippen LogP contribution in [0.4, 0.5) is 0 Å². The molecule has 1 atom stereocenters. The largest absolute Gasteiger partial charge is 0.374 e. The molecule has 0 aromatic heterocycles. The van der Waals surface area contributed by atoms with Gasteiger partial charge in [-0.15, -0.1) is 0 Å². The lowest BCUT2D eigenvalue weighted by molar-refractivity contribution is -0.138. The third-order valence-corrected chi connectivity index (χ3v) is 2.82. The topological polar surface area (TPSA) is 26.3 Å². The minimum Gasteiger partial charge on any atom is -0.374 e. The number of carbonyl (C=O) groups is 1. The summed E-state index contributed by atoms with van der Waals surface area (Å²) in [5.74, 6) is 1.23. The van der Waals surface area contributed by atoms with Crippen LogP contribution in [0, 0.1) is 5.92 Å². The minimum atomic E-state index is -0.115. The van der Waals surface area contributed by atoms with Crippen LogP contribution in [-0.4, -0.2) is 18.0 Å². The van der Waals surface area contributed by atoms with E-state index in [1.54, 1.807) is 0 Å². The molecule has 0 N–H and O–H groups in total. The Balaban J connectivity index is 1.92. The van der Waals surface area contributed by atoms with Gasteiger partial charge in [0.15, 0.2) is 0 Å². The molecular weight excluding hydrogens is 152 g/mol. The Morgan fingerprint density at radius 3 is 2.92 bits per heavy atom. The fourth-order valence-electron chi connectivity index (χ4n) is 2.03. The molecule has 2 rings (SSSR count). The molecule has 0 amide bonds. The Hall–Kier alpha value is -0.370. The number of Topliss-reactive ketones (excluding diaryl/α,β-unsaturated/α-hetero) is 1. The summed E-state index contributed by atoms with van der Waals surface area (Å²) in [6.45, 7) is 2.73. The van der Waals surface area contributed by atoms with Crippen molar-refractivity contribution >= 4 is 5.78 Å². The summed E-state index contributed by atoms with van der Waals surface area (Å²) < 4.78 is 5.67. The van der Waals surface area contributed by atoms with Gasteiger partial charge in [-0.3, -0.25) is 4.79 Å². The van der Waals surface area contributed by atoms with E-state index in [1.165, 1.54) is 12.8 Å². The predicted octanol–water partition coefficient (Wildman–Crippen LogP) is 1.92. The van der Waals surface area contributed by atoms with Gasteiger partial charge in [0.05, 0.1) is 12.2 Å². The van der Waals surface area contributed by atoms with Gasteiger partial charge in [-0.2, -0.15) is 0 Å². The summed E-state index contributed by atoms with van der Waals surface area (Å²) in [4.78, 5) is 11.2. The summed E-state index contributed by atoms with van der Waals surface area (Å²) in [6.07, 6.45) is 5.04. The van der Waals surface area contributed by atoms with Crippen LogP contribution in [0.15, 0.2) is 0 Å². The summed E-state index contributed by atoms with van der Waals surface area (Å²) in [5, 5.41) is 0. The third-order valence-electron chi connectivity index (χ3n) is 2.82. The molecule has 2 fully saturated rings. The van der Waals surface area contributed by atoms with Crippen molar-refractivity contribution in [3.8, 4) is 0 Å². The summed E-state index contributed by atoms with van der Waals surface area (Å²) >= 11 is 0. The van der Waals surface area contributed by atoms with Crippen LogP contribution >= 0.6 is 0 Å². The first-order valence-corrected chi connectivity index (χ1v) is 4.84. The highest BCUT2D eigenvalue weighted by atomic mass is 16.5. The van der Waals surface area contributed by atoms with E-state index in [1.807, 2.05) is 0 Å². The van der Waals surface area contributed by atoms with E-state index in [-0.39, 0.29) is 5.60 Å². The van der Waals surface area contributed by atoms with Crippen molar-refractivity contribution in [2.24, 2.45) is 5.92 Å². The van der Waals surface area contributed by atoms with Crippen LogP contribution in [0.25, 0.3) is 0 Å². The van der Waals surface area contributed by atoms with E-state index in [4.69, 9.17) is 4.74 Å². The van der Waals surface area contributed by atoms with Crippen LogP contribution in [0.2, 0.25) is 0 Å². The first kappa shape index (κ1) is 8.24. The molecule has 0 aromatic carbocycles. The number of ether oxygens (including phenoxy) is 1. The molecule has 68 valence electrons. The predicted molar refractivity (Wildman–Crippen MR) is 45.9 cm³/mol. The summed E-state index contributed by atoms with van der Waals surface area (Å²) in [5.41, 5.74) is -0.115. The highest BCUT2D eigenvalue weighted by molar-refractivity contribution is 5.80. The maximum Gasteiger partial charge on any atom is 0.138 e. The zero-order chi connectivity index (χ0) is 8.60. The molecule has 0 radical (unpaired) electrons. The molecule has 1 heterocycles. The molecule has 1 saturated heterocycles. The maximum absolute atomic E-state index is 11.2. The molecule has 2 nitrogen and oxygen atoms in total. The Morgan fingerprint density at radius 2 is 2.33 bits per heavy atom. The van der Waals surface area contributed by atoms with Crippen molar-refractivity contribution in [2.45, 2.75) is 44.6 Å². The van der Waals surface area contributed by atoms with Gasteiger partial charge >= 0.3 is 0 Å². The van der Waals surface area contributed by atoms with Crippen molar-refractivity contribution in [3.05, 3.63) is 0 Å². The lowest BCUT2D eigenvalue weighted by atomic mass is 9.90. The van der Waals surface area contributed by atoms with Crippen molar-refractivity contribution in [2.75, 3.05) is 6.61 Å². The third kappa shape index (κ3) is 1.86. The first-order valence-electron chi connectivity index (χ1n) is 4.84. The Morgan fingerprint density at radius 1 is 1.58 bits per heavy atom. The van der Waals surface area contributed by atoms with E-state index < -0.39 is 0 Å². The van der Waals surface area contributed by atoms with Crippen LogP contribution in [0.3, 0.4) is 0 Å². The van der Waals surface area contributed by atoms with Gasteiger partial charge < -0.3 is 4.74 Å². The lowest BCUT2D eigenvalue weighted by Gasteiger charge is -2.33. The Labute approximate surface area is 73.3 Å². The van der Waals surface area contributed by atoms with E-state index in [0.717, 1.165) is 12.3 Å². The van der Waals surface area contributed by atoms with E-state index in [0.29, 0.717) is 25.2 Å². The van der Waals surface area contributed by atoms with E-state index in [2.05, 4.69) is 6.92 Å². The maximum atomic E-state index is 11.2. The van der Waals surface area contributed by atoms with Gasteiger partial charge in [0, 0.05) is 12.8 Å². The molecule has 2 aliphatic rings. The van der Waals surface area contributed by atoms with E-state index in [9.17, 15) is 4.79 Å². The van der Waals surface area contributed by atoms with Gasteiger partial charge in [0.1, 0.15) is 5.78 Å². The second-order valence-electron chi connectivity index (χ2n) is 4.41. The van der Waals surface area contributed by atoms with Gasteiger partial charge in [0.2, 0.25) is 0 Å². The molecule has 1 saturated carbocycles. The summed E-state index contributed by atoms with van der Waals surface area (Å²) in [7, 11) is 0. The number of rotatable bonds is 2. The molecule has 1 aliphatic heterocycles. The molecule has 1 aliphatic carbocycles. The van der Waals surface area contributed by atoms with Crippen LogP contribution in [0.1, 0.15) is 39.0 Å². The molecular formula is C10H16O2. The van der Waals surface area contributed by atoms with E-state index >= 15 is 0 Å². The van der Waals surface area contributed by atoms with Crippen molar-refractivity contribution in [1.29, 1.82) is 0 Å². The zero-order valence-corrected chi connectivity index (χ0v) is 7.64. The number of hydrogen-bond acceptors (Lipinski definition) is 2. The highest BCUT2D eigenvalue weighted by Crippen LogP contribution is 2.40. The average Bonchev–Trinajstić information content (AvgIpc) is 2.69. The second-order valence-corrected chi connectivity index (χ2v) is 4.41. The highest BCUT2D eigenvalue weighted by Gasteiger charge is 2.37. The van der Waals surface area contributed by atoms with Gasteiger partial charge in [-0.05, 0) is 19.3 Å². The number of hydrogen-bond donors (Lipinski definition) is 0.